The summed E-state index contributed by atoms with van der Waals surface area (Å²) in [6.45, 7) is 4.20. The molecule has 0 radical (unpaired) electrons. The van der Waals surface area contributed by atoms with Crippen LogP contribution in [0.2, 0.25) is 0 Å². The number of rotatable bonds is 6. The van der Waals surface area contributed by atoms with E-state index in [1.807, 2.05) is 13.0 Å². The van der Waals surface area contributed by atoms with Crippen molar-refractivity contribution in [1.29, 1.82) is 0 Å². The van der Waals surface area contributed by atoms with Crippen LogP contribution < -0.4 is 0 Å². The van der Waals surface area contributed by atoms with Gasteiger partial charge in [-0.3, -0.25) is 4.79 Å². The number of Topliss-reactive ketones (excluding diaryl/α,β-unsaturated/α-hetero) is 1. The predicted octanol–water partition coefficient (Wildman–Crippen LogP) is 2.62. The number of fused-ring (bicyclic) bond motifs is 2. The molecule has 1 aromatic carbocycles. The van der Waals surface area contributed by atoms with Crippen molar-refractivity contribution < 1.29 is 17.6 Å². The van der Waals surface area contributed by atoms with Gasteiger partial charge in [-0.25, -0.2) is 22.2 Å². The molecular formula is C23H25FN6O3S. The monoisotopic (exact) mass is 484 g/mol. The average Bonchev–Trinajstić information content (AvgIpc) is 3.45. The molecule has 1 aliphatic carbocycles. The summed E-state index contributed by atoms with van der Waals surface area (Å²) >= 11 is 0. The lowest BCUT2D eigenvalue weighted by Crippen LogP contribution is -2.52. The van der Waals surface area contributed by atoms with Gasteiger partial charge in [0.25, 0.3) is 10.0 Å². The average molecular weight is 485 g/mol. The summed E-state index contributed by atoms with van der Waals surface area (Å²) in [6, 6.07) is 6.05. The van der Waals surface area contributed by atoms with Gasteiger partial charge in [0.05, 0.1) is 29.2 Å². The minimum absolute atomic E-state index is 0.0427. The van der Waals surface area contributed by atoms with Gasteiger partial charge >= 0.3 is 0 Å². The molecule has 2 aliphatic rings. The first kappa shape index (κ1) is 22.6. The molecule has 0 N–H and O–H groups in total. The number of ketones is 1. The Morgan fingerprint density at radius 2 is 1.97 bits per heavy atom. The van der Waals surface area contributed by atoms with Gasteiger partial charge in [-0.05, 0) is 62.1 Å². The molecule has 1 fully saturated rings. The van der Waals surface area contributed by atoms with Crippen LogP contribution in [0.3, 0.4) is 0 Å². The minimum Gasteiger partial charge on any atom is -0.299 e. The van der Waals surface area contributed by atoms with Gasteiger partial charge in [0.2, 0.25) is 0 Å². The standard InChI is InChI=1S/C23H25FN6O3S/c1-3-9-29-22(14-25-27-29)34(32,33)28-10-8-18-11-21-17(12-23(18,15-28)16(2)31)13-26-30(21)20-6-4-19(24)5-7-20/h4-7,11,13-14H,3,8-10,12,15H2,1-2H3/t23-/m1/s1. The van der Waals surface area contributed by atoms with E-state index < -0.39 is 15.4 Å². The largest absolute Gasteiger partial charge is 0.299 e. The maximum atomic E-state index is 13.5. The van der Waals surface area contributed by atoms with Crippen molar-refractivity contribution in [3.63, 3.8) is 0 Å². The Labute approximate surface area is 196 Å². The number of aromatic nitrogens is 5. The molecule has 1 saturated heterocycles. The van der Waals surface area contributed by atoms with E-state index in [1.165, 1.54) is 34.2 Å². The van der Waals surface area contributed by atoms with Crippen molar-refractivity contribution in [1.82, 2.24) is 29.1 Å². The zero-order valence-corrected chi connectivity index (χ0v) is 19.8. The number of carbonyl (C=O) groups is 1. The van der Waals surface area contributed by atoms with E-state index in [4.69, 9.17) is 0 Å². The third-order valence-corrected chi connectivity index (χ3v) is 8.58. The number of hydrogen-bond donors (Lipinski definition) is 0. The molecule has 2 aromatic heterocycles. The van der Waals surface area contributed by atoms with Crippen LogP contribution >= 0.6 is 0 Å². The van der Waals surface area contributed by atoms with Crippen LogP contribution in [0.5, 0.6) is 0 Å². The summed E-state index contributed by atoms with van der Waals surface area (Å²) in [5, 5.41) is 12.2. The lowest BCUT2D eigenvalue weighted by atomic mass is 9.66. The lowest BCUT2D eigenvalue weighted by molar-refractivity contribution is -0.125. The fourth-order valence-electron chi connectivity index (χ4n) is 4.92. The van der Waals surface area contributed by atoms with E-state index >= 15 is 0 Å². The molecule has 0 unspecified atom stereocenters. The molecular weight excluding hydrogens is 459 g/mol. The Hall–Kier alpha value is -3.18. The molecule has 11 heteroatoms. The highest BCUT2D eigenvalue weighted by molar-refractivity contribution is 7.89. The second kappa shape index (κ2) is 8.24. The summed E-state index contributed by atoms with van der Waals surface area (Å²) in [4.78, 5) is 13.0. The third-order valence-electron chi connectivity index (χ3n) is 6.75. The number of carbonyl (C=O) groups excluding carboxylic acids is 1. The van der Waals surface area contributed by atoms with Gasteiger partial charge in [-0.15, -0.1) is 5.10 Å². The molecule has 1 atom stereocenters. The Morgan fingerprint density at radius 1 is 1.21 bits per heavy atom. The number of benzene rings is 1. The highest BCUT2D eigenvalue weighted by Gasteiger charge is 2.49. The Kier molecular flexibility index (Phi) is 5.48. The van der Waals surface area contributed by atoms with Crippen molar-refractivity contribution >= 4 is 21.9 Å². The second-order valence-electron chi connectivity index (χ2n) is 8.81. The Balaban J connectivity index is 1.52. The molecule has 9 nitrogen and oxygen atoms in total. The van der Waals surface area contributed by atoms with Crippen LogP contribution in [0.25, 0.3) is 11.8 Å². The third kappa shape index (κ3) is 3.50. The van der Waals surface area contributed by atoms with Gasteiger partial charge in [-0.2, -0.15) is 9.40 Å². The first-order valence-corrected chi connectivity index (χ1v) is 12.6. The normalized spacial score (nSPS) is 20.5. The molecule has 0 spiro atoms. The molecule has 0 amide bonds. The summed E-state index contributed by atoms with van der Waals surface area (Å²) in [6.07, 6.45) is 6.40. The van der Waals surface area contributed by atoms with E-state index in [1.54, 1.807) is 23.0 Å². The molecule has 3 heterocycles. The van der Waals surface area contributed by atoms with E-state index in [0.717, 1.165) is 23.3 Å². The van der Waals surface area contributed by atoms with E-state index in [9.17, 15) is 17.6 Å². The number of sulfonamides is 1. The fourth-order valence-corrected chi connectivity index (χ4v) is 6.48. The summed E-state index contributed by atoms with van der Waals surface area (Å²) in [5.41, 5.74) is 2.33. The van der Waals surface area contributed by atoms with Crippen LogP contribution in [0, 0.1) is 11.2 Å². The number of aryl methyl sites for hydroxylation is 1. The zero-order valence-electron chi connectivity index (χ0n) is 19.0. The van der Waals surface area contributed by atoms with Gasteiger partial charge in [0.1, 0.15) is 11.6 Å². The number of piperidine rings is 1. The maximum Gasteiger partial charge on any atom is 0.261 e. The summed E-state index contributed by atoms with van der Waals surface area (Å²) in [7, 11) is -3.88. The topological polar surface area (TPSA) is 103 Å². The van der Waals surface area contributed by atoms with Crippen molar-refractivity contribution in [3.05, 3.63) is 59.3 Å². The van der Waals surface area contributed by atoms with E-state index in [-0.39, 0.29) is 29.7 Å². The maximum absolute atomic E-state index is 13.5. The molecule has 178 valence electrons. The Morgan fingerprint density at radius 3 is 2.68 bits per heavy atom. The molecule has 3 aromatic rings. The zero-order chi connectivity index (χ0) is 24.1. The van der Waals surface area contributed by atoms with Crippen LogP contribution in [-0.4, -0.2) is 56.4 Å². The highest BCUT2D eigenvalue weighted by Crippen LogP contribution is 2.45. The van der Waals surface area contributed by atoms with Crippen LogP contribution in [0.4, 0.5) is 4.39 Å². The van der Waals surface area contributed by atoms with Crippen molar-refractivity contribution in [2.24, 2.45) is 5.41 Å². The highest BCUT2D eigenvalue weighted by atomic mass is 32.2. The van der Waals surface area contributed by atoms with Crippen LogP contribution in [-0.2, 0) is 27.8 Å². The van der Waals surface area contributed by atoms with Crippen molar-refractivity contribution in [2.75, 3.05) is 13.1 Å². The van der Waals surface area contributed by atoms with Crippen molar-refractivity contribution in [2.45, 2.75) is 44.7 Å². The number of hydrogen-bond acceptors (Lipinski definition) is 6. The molecule has 1 aliphatic heterocycles. The fraction of sp³-hybridized carbons (Fsp3) is 0.391. The second-order valence-corrected chi connectivity index (χ2v) is 10.7. The van der Waals surface area contributed by atoms with Crippen molar-refractivity contribution in [3.8, 4) is 5.69 Å². The first-order valence-electron chi connectivity index (χ1n) is 11.2. The number of halogens is 1. The van der Waals surface area contributed by atoms with Gasteiger partial charge in [0, 0.05) is 19.6 Å². The molecule has 5 rings (SSSR count). The smallest absolute Gasteiger partial charge is 0.261 e. The van der Waals surface area contributed by atoms with Gasteiger partial charge in [0.15, 0.2) is 5.03 Å². The minimum atomic E-state index is -3.88. The Bertz CT molecular complexity index is 1390. The summed E-state index contributed by atoms with van der Waals surface area (Å²) in [5.74, 6) is -0.415. The summed E-state index contributed by atoms with van der Waals surface area (Å²) < 4.78 is 44.9. The van der Waals surface area contributed by atoms with Crippen LogP contribution in [0.15, 0.2) is 47.3 Å². The molecule has 0 bridgehead atoms. The van der Waals surface area contributed by atoms with E-state index in [2.05, 4.69) is 15.4 Å². The van der Waals surface area contributed by atoms with Gasteiger partial charge in [-0.1, -0.05) is 17.7 Å². The molecule has 0 saturated carbocycles. The molecule has 34 heavy (non-hydrogen) atoms. The predicted molar refractivity (Wildman–Crippen MR) is 122 cm³/mol. The quantitative estimate of drug-likeness (QED) is 0.533. The van der Waals surface area contributed by atoms with Crippen LogP contribution in [0.1, 0.15) is 37.9 Å². The lowest BCUT2D eigenvalue weighted by Gasteiger charge is -2.44. The number of nitrogens with zero attached hydrogens (tertiary/aromatic N) is 6. The van der Waals surface area contributed by atoms with E-state index in [0.29, 0.717) is 25.1 Å². The van der Waals surface area contributed by atoms with Gasteiger partial charge < -0.3 is 0 Å². The first-order chi connectivity index (χ1) is 16.3. The SMILES string of the molecule is CCCn1nncc1S(=O)(=O)N1CCC2=Cc3c(cnn3-c3ccc(F)cc3)C[C@]2(C(C)=O)C1.